The molecule has 2 aromatic rings. The number of thiazole rings is 1. The highest BCUT2D eigenvalue weighted by Gasteiger charge is 2.06. The number of carbonyl (C=O) groups excluding carboxylic acids is 1. The van der Waals surface area contributed by atoms with Gasteiger partial charge in [-0.05, 0) is 24.6 Å². The molecule has 1 N–H and O–H groups in total. The molecule has 5 heteroatoms. The number of carbonyl (C=O) groups is 1. The Labute approximate surface area is 118 Å². The number of amides is 1. The molecular weight excluding hydrogens is 312 g/mol. The van der Waals surface area contributed by atoms with Crippen LogP contribution in [0.1, 0.15) is 21.6 Å². The molecule has 3 nitrogen and oxygen atoms in total. The van der Waals surface area contributed by atoms with Crippen LogP contribution in [0, 0.1) is 6.92 Å². The van der Waals surface area contributed by atoms with Gasteiger partial charge in [0.05, 0.1) is 11.2 Å². The summed E-state index contributed by atoms with van der Waals surface area (Å²) < 4.78 is 0.953. The van der Waals surface area contributed by atoms with Gasteiger partial charge in [-0.2, -0.15) is 0 Å². The predicted molar refractivity (Wildman–Crippen MR) is 77.0 cm³/mol. The van der Waals surface area contributed by atoms with Crippen LogP contribution in [0.15, 0.2) is 33.6 Å². The lowest BCUT2D eigenvalue weighted by molar-refractivity contribution is 0.0954. The van der Waals surface area contributed by atoms with Gasteiger partial charge in [-0.25, -0.2) is 4.98 Å². The van der Waals surface area contributed by atoms with Crippen LogP contribution in [0.5, 0.6) is 0 Å². The van der Waals surface area contributed by atoms with E-state index in [1.165, 1.54) is 0 Å². The topological polar surface area (TPSA) is 42.0 Å². The van der Waals surface area contributed by atoms with Crippen LogP contribution in [0.3, 0.4) is 0 Å². The Bertz CT molecular complexity index is 540. The van der Waals surface area contributed by atoms with Gasteiger partial charge in [0, 0.05) is 28.4 Å². The van der Waals surface area contributed by atoms with Gasteiger partial charge in [-0.1, -0.05) is 22.0 Å². The second-order valence-corrected chi connectivity index (χ2v) is 5.52. The largest absolute Gasteiger partial charge is 0.352 e. The van der Waals surface area contributed by atoms with E-state index < -0.39 is 0 Å². The summed E-state index contributed by atoms with van der Waals surface area (Å²) in [6.07, 6.45) is 0.766. The Morgan fingerprint density at radius 1 is 1.50 bits per heavy atom. The number of aromatic nitrogens is 1. The Morgan fingerprint density at radius 2 is 2.33 bits per heavy atom. The average Bonchev–Trinajstić information content (AvgIpc) is 2.85. The quantitative estimate of drug-likeness (QED) is 0.938. The third-order valence-corrected chi connectivity index (χ3v) is 4.07. The molecule has 0 spiro atoms. The normalized spacial score (nSPS) is 10.3. The zero-order chi connectivity index (χ0) is 13.0. The van der Waals surface area contributed by atoms with Gasteiger partial charge in [-0.15, -0.1) is 11.3 Å². The molecule has 1 aromatic heterocycles. The summed E-state index contributed by atoms with van der Waals surface area (Å²) in [4.78, 5) is 16.1. The number of benzene rings is 1. The van der Waals surface area contributed by atoms with Gasteiger partial charge in [0.1, 0.15) is 0 Å². The zero-order valence-electron chi connectivity index (χ0n) is 9.94. The summed E-state index contributed by atoms with van der Waals surface area (Å²) in [6.45, 7) is 2.60. The molecular formula is C13H13BrN2OS. The van der Waals surface area contributed by atoms with E-state index in [0.29, 0.717) is 12.1 Å². The van der Waals surface area contributed by atoms with Crippen molar-refractivity contribution >= 4 is 33.2 Å². The standard InChI is InChI=1S/C13H13BrN2OS/c1-9-2-3-10(6-12(9)14)13(17)15-5-4-11-7-18-8-16-11/h2-3,6-8H,4-5H2,1H3,(H,15,17). The van der Waals surface area contributed by atoms with Gasteiger partial charge >= 0.3 is 0 Å². The highest BCUT2D eigenvalue weighted by Crippen LogP contribution is 2.17. The lowest BCUT2D eigenvalue weighted by Crippen LogP contribution is -2.25. The maximum absolute atomic E-state index is 11.9. The number of nitrogens with zero attached hydrogens (tertiary/aromatic N) is 1. The molecule has 0 aliphatic rings. The highest BCUT2D eigenvalue weighted by molar-refractivity contribution is 9.10. The molecule has 0 saturated heterocycles. The first-order valence-corrected chi connectivity index (χ1v) is 7.32. The maximum Gasteiger partial charge on any atom is 0.251 e. The SMILES string of the molecule is Cc1ccc(C(=O)NCCc2cscn2)cc1Br. The summed E-state index contributed by atoms with van der Waals surface area (Å²) in [5.74, 6) is -0.0501. The van der Waals surface area contributed by atoms with Crippen LogP contribution < -0.4 is 5.32 Å². The Kier molecular flexibility index (Phi) is 4.49. The number of halogens is 1. The molecule has 0 fully saturated rings. The molecule has 0 unspecified atom stereocenters. The van der Waals surface area contributed by atoms with Gasteiger partial charge in [0.15, 0.2) is 0 Å². The molecule has 94 valence electrons. The van der Waals surface area contributed by atoms with Crippen molar-refractivity contribution in [3.63, 3.8) is 0 Å². The first-order valence-electron chi connectivity index (χ1n) is 5.58. The second-order valence-electron chi connectivity index (χ2n) is 3.95. The predicted octanol–water partition coefficient (Wildman–Crippen LogP) is 3.19. The summed E-state index contributed by atoms with van der Waals surface area (Å²) in [5.41, 5.74) is 4.61. The molecule has 1 heterocycles. The van der Waals surface area contributed by atoms with Crippen LogP contribution in [0.25, 0.3) is 0 Å². The van der Waals surface area contributed by atoms with E-state index >= 15 is 0 Å². The van der Waals surface area contributed by atoms with Crippen molar-refractivity contribution in [3.05, 3.63) is 50.4 Å². The molecule has 1 amide bonds. The van der Waals surface area contributed by atoms with Crippen LogP contribution in [0.2, 0.25) is 0 Å². The average molecular weight is 325 g/mol. The minimum atomic E-state index is -0.0501. The molecule has 0 aliphatic heterocycles. The van der Waals surface area contributed by atoms with E-state index in [-0.39, 0.29) is 5.91 Å². The van der Waals surface area contributed by atoms with Crippen molar-refractivity contribution in [2.75, 3.05) is 6.54 Å². The summed E-state index contributed by atoms with van der Waals surface area (Å²) in [7, 11) is 0. The summed E-state index contributed by atoms with van der Waals surface area (Å²) >= 11 is 4.99. The minimum Gasteiger partial charge on any atom is -0.352 e. The molecule has 1 aromatic carbocycles. The third-order valence-electron chi connectivity index (χ3n) is 2.58. The fourth-order valence-corrected chi connectivity index (χ4v) is 2.47. The fourth-order valence-electron chi connectivity index (χ4n) is 1.50. The summed E-state index contributed by atoms with van der Waals surface area (Å²) in [5, 5.41) is 4.88. The first-order chi connectivity index (χ1) is 8.66. The van der Waals surface area contributed by atoms with Crippen molar-refractivity contribution in [1.82, 2.24) is 10.3 Å². The number of aryl methyl sites for hydroxylation is 1. The molecule has 2 rings (SSSR count). The molecule has 0 radical (unpaired) electrons. The maximum atomic E-state index is 11.9. The van der Waals surface area contributed by atoms with Crippen molar-refractivity contribution in [2.45, 2.75) is 13.3 Å². The molecule has 0 saturated carbocycles. The second kappa shape index (κ2) is 6.11. The van der Waals surface area contributed by atoms with Crippen molar-refractivity contribution in [1.29, 1.82) is 0 Å². The zero-order valence-corrected chi connectivity index (χ0v) is 12.3. The summed E-state index contributed by atoms with van der Waals surface area (Å²) in [6, 6.07) is 5.60. The third kappa shape index (κ3) is 3.40. The van der Waals surface area contributed by atoms with E-state index in [0.717, 1.165) is 22.2 Å². The van der Waals surface area contributed by atoms with Gasteiger partial charge in [-0.3, -0.25) is 4.79 Å². The molecule has 0 bridgehead atoms. The molecule has 0 atom stereocenters. The van der Waals surface area contributed by atoms with Crippen LogP contribution in [-0.4, -0.2) is 17.4 Å². The first kappa shape index (κ1) is 13.2. The highest BCUT2D eigenvalue weighted by atomic mass is 79.9. The van der Waals surface area contributed by atoms with Gasteiger partial charge in [0.2, 0.25) is 0 Å². The number of nitrogens with one attached hydrogen (secondary N) is 1. The lowest BCUT2D eigenvalue weighted by atomic mass is 10.1. The Morgan fingerprint density at radius 3 is 3.00 bits per heavy atom. The van der Waals surface area contributed by atoms with Crippen molar-refractivity contribution < 1.29 is 4.79 Å². The van der Waals surface area contributed by atoms with Crippen LogP contribution in [-0.2, 0) is 6.42 Å². The van der Waals surface area contributed by atoms with E-state index in [9.17, 15) is 4.79 Å². The van der Waals surface area contributed by atoms with Crippen LogP contribution >= 0.6 is 27.3 Å². The van der Waals surface area contributed by atoms with Crippen LogP contribution in [0.4, 0.5) is 0 Å². The smallest absolute Gasteiger partial charge is 0.251 e. The van der Waals surface area contributed by atoms with Crippen molar-refractivity contribution in [2.24, 2.45) is 0 Å². The lowest BCUT2D eigenvalue weighted by Gasteiger charge is -2.05. The number of rotatable bonds is 4. The minimum absolute atomic E-state index is 0.0501. The Balaban J connectivity index is 1.89. The number of hydrogen-bond donors (Lipinski definition) is 1. The van der Waals surface area contributed by atoms with Gasteiger partial charge in [0.25, 0.3) is 5.91 Å². The number of hydrogen-bond acceptors (Lipinski definition) is 3. The van der Waals surface area contributed by atoms with Crippen molar-refractivity contribution in [3.8, 4) is 0 Å². The molecule has 18 heavy (non-hydrogen) atoms. The van der Waals surface area contributed by atoms with E-state index in [1.54, 1.807) is 16.8 Å². The monoisotopic (exact) mass is 324 g/mol. The fraction of sp³-hybridized carbons (Fsp3) is 0.231. The van der Waals surface area contributed by atoms with E-state index in [1.807, 2.05) is 30.5 Å². The van der Waals surface area contributed by atoms with E-state index in [4.69, 9.17) is 0 Å². The Hall–Kier alpha value is -1.20. The molecule has 0 aliphatic carbocycles. The van der Waals surface area contributed by atoms with E-state index in [2.05, 4.69) is 26.2 Å². The van der Waals surface area contributed by atoms with Gasteiger partial charge < -0.3 is 5.32 Å².